The van der Waals surface area contributed by atoms with E-state index >= 15 is 0 Å². The number of hydrogen-bond donors (Lipinski definition) is 4. The summed E-state index contributed by atoms with van der Waals surface area (Å²) in [6, 6.07) is 12.6. The summed E-state index contributed by atoms with van der Waals surface area (Å²) in [5.74, 6) is 1.20. The van der Waals surface area contributed by atoms with Crippen LogP contribution in [0.25, 0.3) is 0 Å². The minimum Gasteiger partial charge on any atom is -0.508 e. The Labute approximate surface area is 261 Å². The van der Waals surface area contributed by atoms with Crippen LogP contribution in [0.3, 0.4) is 0 Å². The Balaban J connectivity index is 0.000000307. The van der Waals surface area contributed by atoms with Crippen molar-refractivity contribution in [1.82, 2.24) is 0 Å². The lowest BCUT2D eigenvalue weighted by Gasteiger charge is -2.12. The number of hydrogen-bond acceptors (Lipinski definition) is 4. The molecule has 4 N–H and O–H groups in total. The molecule has 0 aliphatic rings. The highest BCUT2D eigenvalue weighted by Gasteiger charge is 2.11. The first-order valence-corrected chi connectivity index (χ1v) is 16.7. The summed E-state index contributed by atoms with van der Waals surface area (Å²) < 4.78 is 0. The lowest BCUT2D eigenvalue weighted by Crippen LogP contribution is -1.95. The third kappa shape index (κ3) is 13.8. The van der Waals surface area contributed by atoms with E-state index in [-0.39, 0.29) is 5.75 Å². The van der Waals surface area contributed by atoms with Crippen LogP contribution < -0.4 is 0 Å². The summed E-state index contributed by atoms with van der Waals surface area (Å²) in [6.07, 6.45) is 20.4. The number of phenolic OH excluding ortho intramolecular Hbond substituents is 4. The minimum absolute atomic E-state index is 0.244. The molecule has 0 aliphatic carbocycles. The van der Waals surface area contributed by atoms with E-state index in [1.165, 1.54) is 89.5 Å². The highest BCUT2D eigenvalue weighted by Crippen LogP contribution is 2.31. The number of rotatable bonds is 17. The molecular weight excluding hydrogens is 532 g/mol. The molecule has 43 heavy (non-hydrogen) atoms. The fourth-order valence-corrected chi connectivity index (χ4v) is 5.85. The molecule has 0 saturated heterocycles. The number of unbranched alkanes of at least 4 members (excludes halogenated alkanes) is 13. The molecule has 238 valence electrons. The minimum atomic E-state index is 0.244. The summed E-state index contributed by atoms with van der Waals surface area (Å²) in [7, 11) is 0. The van der Waals surface area contributed by atoms with Crippen molar-refractivity contribution in [2.24, 2.45) is 0 Å². The van der Waals surface area contributed by atoms with Crippen LogP contribution in [0.2, 0.25) is 0 Å². The second-order valence-electron chi connectivity index (χ2n) is 12.5. The number of aryl methyl sites for hydroxylation is 5. The van der Waals surface area contributed by atoms with Gasteiger partial charge in [0.25, 0.3) is 0 Å². The van der Waals surface area contributed by atoms with Crippen LogP contribution in [0.1, 0.15) is 136 Å². The Bertz CT molecular complexity index is 1170. The van der Waals surface area contributed by atoms with Gasteiger partial charge in [-0.3, -0.25) is 0 Å². The van der Waals surface area contributed by atoms with Gasteiger partial charge in [-0.25, -0.2) is 0 Å². The zero-order chi connectivity index (χ0) is 31.6. The summed E-state index contributed by atoms with van der Waals surface area (Å²) in [5.41, 5.74) is 6.57. The van der Waals surface area contributed by atoms with E-state index in [1.54, 1.807) is 12.1 Å². The van der Waals surface area contributed by atoms with E-state index in [1.807, 2.05) is 52.0 Å². The lowest BCUT2D eigenvalue weighted by molar-refractivity contribution is 0.452. The predicted molar refractivity (Wildman–Crippen MR) is 182 cm³/mol. The topological polar surface area (TPSA) is 80.9 Å². The number of benzene rings is 3. The molecule has 0 aromatic heterocycles. The average Bonchev–Trinajstić information content (AvgIpc) is 2.96. The van der Waals surface area contributed by atoms with Gasteiger partial charge in [-0.1, -0.05) is 126 Å². The van der Waals surface area contributed by atoms with Gasteiger partial charge in [0, 0.05) is 6.42 Å². The van der Waals surface area contributed by atoms with E-state index < -0.39 is 0 Å². The van der Waals surface area contributed by atoms with Gasteiger partial charge in [-0.15, -0.1) is 0 Å². The average molecular weight is 591 g/mol. The Morgan fingerprint density at radius 2 is 0.884 bits per heavy atom. The fourth-order valence-electron chi connectivity index (χ4n) is 5.85. The van der Waals surface area contributed by atoms with Crippen molar-refractivity contribution in [2.45, 2.75) is 137 Å². The van der Waals surface area contributed by atoms with E-state index in [0.717, 1.165) is 51.8 Å². The van der Waals surface area contributed by atoms with Crippen LogP contribution in [-0.4, -0.2) is 20.4 Å². The normalized spacial score (nSPS) is 10.9. The summed E-state index contributed by atoms with van der Waals surface area (Å²) in [4.78, 5) is 0. The Kier molecular flexibility index (Phi) is 16.7. The maximum atomic E-state index is 10.1. The zero-order valence-electron chi connectivity index (χ0n) is 27.6. The van der Waals surface area contributed by atoms with Crippen molar-refractivity contribution in [3.8, 4) is 23.0 Å². The molecule has 0 bridgehead atoms. The van der Waals surface area contributed by atoms with Crippen LogP contribution in [0.15, 0.2) is 42.5 Å². The summed E-state index contributed by atoms with van der Waals surface area (Å²) >= 11 is 0. The van der Waals surface area contributed by atoms with Crippen molar-refractivity contribution in [2.75, 3.05) is 0 Å². The first kappa shape index (κ1) is 36.1. The van der Waals surface area contributed by atoms with Crippen LogP contribution in [-0.2, 0) is 12.8 Å². The SMILES string of the molecule is CCCCCCCCCCCCCCCCc1cc(O)ccc1O.Cc1cc(C)c(O)c(Cc2cc(C)cc(C)c2O)c1. The van der Waals surface area contributed by atoms with Crippen molar-refractivity contribution in [3.63, 3.8) is 0 Å². The van der Waals surface area contributed by atoms with Crippen LogP contribution in [0.5, 0.6) is 23.0 Å². The largest absolute Gasteiger partial charge is 0.508 e. The maximum Gasteiger partial charge on any atom is 0.122 e. The molecule has 3 aromatic carbocycles. The first-order valence-electron chi connectivity index (χ1n) is 16.7. The third-order valence-electron chi connectivity index (χ3n) is 8.29. The lowest BCUT2D eigenvalue weighted by atomic mass is 9.96. The zero-order valence-corrected chi connectivity index (χ0v) is 27.6. The molecule has 0 heterocycles. The van der Waals surface area contributed by atoms with Gasteiger partial charge in [0.05, 0.1) is 0 Å². The Hall–Kier alpha value is -3.14. The maximum absolute atomic E-state index is 10.1. The van der Waals surface area contributed by atoms with E-state index in [4.69, 9.17) is 0 Å². The van der Waals surface area contributed by atoms with Gasteiger partial charge < -0.3 is 20.4 Å². The Morgan fingerprint density at radius 3 is 1.33 bits per heavy atom. The standard InChI is InChI=1S/C22H38O2.C17H20O2/c1-2-3-4-5-6-7-8-9-10-11-12-13-14-15-16-20-19-21(23)17-18-22(20)24;1-10-5-12(3)16(18)14(7-10)9-15-8-11(2)6-13(4)17(15)19/h17-19,23-24H,2-16H2,1H3;5-8,18-19H,9H2,1-4H3. The number of aromatic hydroxyl groups is 4. The van der Waals surface area contributed by atoms with E-state index in [2.05, 4.69) is 6.92 Å². The van der Waals surface area contributed by atoms with Gasteiger partial charge >= 0.3 is 0 Å². The molecule has 0 radical (unpaired) electrons. The highest BCUT2D eigenvalue weighted by atomic mass is 16.3. The van der Waals surface area contributed by atoms with Crippen molar-refractivity contribution >= 4 is 0 Å². The molecule has 0 amide bonds. The van der Waals surface area contributed by atoms with Crippen molar-refractivity contribution in [1.29, 1.82) is 0 Å². The Morgan fingerprint density at radius 1 is 0.465 bits per heavy atom. The number of phenols is 4. The molecule has 4 heteroatoms. The molecule has 0 fully saturated rings. The smallest absolute Gasteiger partial charge is 0.122 e. The molecule has 3 aromatic rings. The van der Waals surface area contributed by atoms with Gasteiger partial charge in [-0.2, -0.15) is 0 Å². The summed E-state index contributed by atoms with van der Waals surface area (Å²) in [6.45, 7) is 10.1. The third-order valence-corrected chi connectivity index (χ3v) is 8.29. The van der Waals surface area contributed by atoms with Crippen LogP contribution >= 0.6 is 0 Å². The van der Waals surface area contributed by atoms with Crippen molar-refractivity contribution in [3.05, 3.63) is 81.4 Å². The second-order valence-corrected chi connectivity index (χ2v) is 12.5. The van der Waals surface area contributed by atoms with E-state index in [0.29, 0.717) is 23.7 Å². The predicted octanol–water partition coefficient (Wildman–Crippen LogP) is 11.0. The monoisotopic (exact) mass is 590 g/mol. The van der Waals surface area contributed by atoms with Gasteiger partial charge in [0.1, 0.15) is 23.0 Å². The van der Waals surface area contributed by atoms with E-state index in [9.17, 15) is 20.4 Å². The molecule has 0 aliphatic heterocycles. The quantitative estimate of drug-likeness (QED) is 0.0931. The highest BCUT2D eigenvalue weighted by molar-refractivity contribution is 5.49. The van der Waals surface area contributed by atoms with Gasteiger partial charge in [0.2, 0.25) is 0 Å². The second kappa shape index (κ2) is 19.9. The van der Waals surface area contributed by atoms with Gasteiger partial charge in [-0.05, 0) is 86.6 Å². The molecule has 0 spiro atoms. The molecule has 0 atom stereocenters. The van der Waals surface area contributed by atoms with Gasteiger partial charge in [0.15, 0.2) is 0 Å². The molecule has 3 rings (SSSR count). The fraction of sp³-hybridized carbons (Fsp3) is 0.538. The molecule has 4 nitrogen and oxygen atoms in total. The summed E-state index contributed by atoms with van der Waals surface area (Å²) in [5, 5.41) is 39.4. The van der Waals surface area contributed by atoms with Crippen LogP contribution in [0, 0.1) is 27.7 Å². The van der Waals surface area contributed by atoms with Crippen LogP contribution in [0.4, 0.5) is 0 Å². The van der Waals surface area contributed by atoms with Crippen molar-refractivity contribution < 1.29 is 20.4 Å². The molecule has 0 unspecified atom stereocenters. The first-order chi connectivity index (χ1) is 20.6. The molecule has 0 saturated carbocycles. The molecular formula is C39H58O4.